The Hall–Kier alpha value is -1.70. The third kappa shape index (κ3) is 4.43. The zero-order valence-electron chi connectivity index (χ0n) is 14.2. The molecule has 2 aromatic rings. The van der Waals surface area contributed by atoms with Gasteiger partial charge in [-0.15, -0.1) is 11.3 Å². The van der Waals surface area contributed by atoms with Crippen molar-refractivity contribution >= 4 is 33.0 Å². The van der Waals surface area contributed by atoms with Gasteiger partial charge in [-0.2, -0.15) is 4.72 Å². The Labute approximate surface area is 147 Å². The van der Waals surface area contributed by atoms with Crippen molar-refractivity contribution in [2.75, 3.05) is 5.32 Å². The predicted octanol–water partition coefficient (Wildman–Crippen LogP) is 3.31. The number of hydrogen-bond donors (Lipinski definition) is 2. The van der Waals surface area contributed by atoms with E-state index >= 15 is 0 Å². The highest BCUT2D eigenvalue weighted by atomic mass is 32.2. The number of hydrogen-bond acceptors (Lipinski definition) is 4. The van der Waals surface area contributed by atoms with Crippen molar-refractivity contribution in [3.63, 3.8) is 0 Å². The number of carbonyl (C=O) groups is 1. The minimum Gasteiger partial charge on any atom is -0.324 e. The molecule has 0 radical (unpaired) electrons. The third-order valence-corrected chi connectivity index (χ3v) is 6.47. The van der Waals surface area contributed by atoms with Crippen LogP contribution in [0.25, 0.3) is 0 Å². The molecule has 1 atom stereocenters. The highest BCUT2D eigenvalue weighted by Crippen LogP contribution is 2.20. The maximum atomic E-state index is 12.6. The fourth-order valence-corrected chi connectivity index (χ4v) is 4.65. The second-order valence-corrected chi connectivity index (χ2v) is 8.97. The lowest BCUT2D eigenvalue weighted by molar-refractivity contribution is -0.118. The average Bonchev–Trinajstić information content (AvgIpc) is 3.02. The van der Waals surface area contributed by atoms with E-state index in [0.717, 1.165) is 22.5 Å². The van der Waals surface area contributed by atoms with Crippen LogP contribution in [0.15, 0.2) is 39.9 Å². The molecule has 0 fully saturated rings. The minimum absolute atomic E-state index is 0.189. The van der Waals surface area contributed by atoms with Crippen LogP contribution in [0.4, 0.5) is 5.69 Å². The maximum Gasteiger partial charge on any atom is 0.250 e. The standard InChI is InChI=1S/C17H22N2O3S2/c1-11(2)16(19-24(21,22)15-6-5-9-23-15)17(20)18-14-8-7-12(3)10-13(14)4/h5-11,16,19H,1-4H3,(H,18,20)/t16-/m1/s1. The first kappa shape index (κ1) is 18.6. The van der Waals surface area contributed by atoms with Gasteiger partial charge in [0.15, 0.2) is 0 Å². The molecule has 0 aliphatic heterocycles. The Kier molecular flexibility index (Phi) is 5.79. The number of amides is 1. The fourth-order valence-electron chi connectivity index (χ4n) is 2.30. The lowest BCUT2D eigenvalue weighted by Crippen LogP contribution is -2.46. The van der Waals surface area contributed by atoms with Crippen molar-refractivity contribution in [1.82, 2.24) is 4.72 Å². The highest BCUT2D eigenvalue weighted by molar-refractivity contribution is 7.91. The van der Waals surface area contributed by atoms with Gasteiger partial charge in [-0.1, -0.05) is 37.6 Å². The average molecular weight is 367 g/mol. The molecule has 2 N–H and O–H groups in total. The number of thiophene rings is 1. The molecule has 1 aromatic heterocycles. The number of anilines is 1. The molecule has 5 nitrogen and oxygen atoms in total. The molecule has 0 spiro atoms. The number of nitrogens with one attached hydrogen (secondary N) is 2. The smallest absolute Gasteiger partial charge is 0.250 e. The Bertz CT molecular complexity index is 812. The van der Waals surface area contributed by atoms with Crippen LogP contribution in [0.1, 0.15) is 25.0 Å². The molecule has 130 valence electrons. The van der Waals surface area contributed by atoms with Crippen LogP contribution in [-0.2, 0) is 14.8 Å². The van der Waals surface area contributed by atoms with Crippen LogP contribution < -0.4 is 10.0 Å². The summed E-state index contributed by atoms with van der Waals surface area (Å²) in [5, 5.41) is 4.51. The highest BCUT2D eigenvalue weighted by Gasteiger charge is 2.29. The zero-order chi connectivity index (χ0) is 17.9. The molecular formula is C17H22N2O3S2. The van der Waals surface area contributed by atoms with Gasteiger partial charge in [0.1, 0.15) is 10.3 Å². The summed E-state index contributed by atoms with van der Waals surface area (Å²) in [7, 11) is -3.71. The lowest BCUT2D eigenvalue weighted by Gasteiger charge is -2.22. The number of carbonyl (C=O) groups excluding carboxylic acids is 1. The van der Waals surface area contributed by atoms with Crippen LogP contribution in [-0.4, -0.2) is 20.4 Å². The van der Waals surface area contributed by atoms with Gasteiger partial charge in [-0.3, -0.25) is 4.79 Å². The Morgan fingerprint density at radius 1 is 1.17 bits per heavy atom. The Morgan fingerprint density at radius 3 is 2.42 bits per heavy atom. The number of rotatable bonds is 6. The second-order valence-electron chi connectivity index (χ2n) is 6.08. The molecule has 1 heterocycles. The van der Waals surface area contributed by atoms with Crippen molar-refractivity contribution in [2.45, 2.75) is 37.9 Å². The van der Waals surface area contributed by atoms with Gasteiger partial charge in [0.2, 0.25) is 5.91 Å². The largest absolute Gasteiger partial charge is 0.324 e. The number of sulfonamides is 1. The summed E-state index contributed by atoms with van der Waals surface area (Å²) in [6, 6.07) is 8.04. The molecule has 24 heavy (non-hydrogen) atoms. The zero-order valence-corrected chi connectivity index (χ0v) is 15.8. The van der Waals surface area contributed by atoms with E-state index in [4.69, 9.17) is 0 Å². The summed E-state index contributed by atoms with van der Waals surface area (Å²) >= 11 is 1.12. The fraction of sp³-hybridized carbons (Fsp3) is 0.353. The Balaban J connectivity index is 2.19. The van der Waals surface area contributed by atoms with Crippen LogP contribution >= 0.6 is 11.3 Å². The molecule has 0 saturated heterocycles. The summed E-state index contributed by atoms with van der Waals surface area (Å²) in [4.78, 5) is 12.6. The Morgan fingerprint density at radius 2 is 1.88 bits per heavy atom. The van der Waals surface area contributed by atoms with E-state index in [1.165, 1.54) is 6.07 Å². The van der Waals surface area contributed by atoms with E-state index in [9.17, 15) is 13.2 Å². The van der Waals surface area contributed by atoms with Gasteiger partial charge in [-0.25, -0.2) is 8.42 Å². The molecule has 0 aliphatic carbocycles. The van der Waals surface area contributed by atoms with Crippen LogP contribution in [0.5, 0.6) is 0 Å². The van der Waals surface area contributed by atoms with E-state index < -0.39 is 16.1 Å². The van der Waals surface area contributed by atoms with E-state index in [1.54, 1.807) is 11.4 Å². The van der Waals surface area contributed by atoms with E-state index in [2.05, 4.69) is 10.0 Å². The summed E-state index contributed by atoms with van der Waals surface area (Å²) in [5.41, 5.74) is 2.72. The van der Waals surface area contributed by atoms with Crippen molar-refractivity contribution in [3.8, 4) is 0 Å². The van der Waals surface area contributed by atoms with Gasteiger partial charge in [-0.05, 0) is 42.8 Å². The van der Waals surface area contributed by atoms with Gasteiger partial charge < -0.3 is 5.32 Å². The summed E-state index contributed by atoms with van der Waals surface area (Å²) in [5.74, 6) is -0.553. The van der Waals surface area contributed by atoms with Crippen molar-refractivity contribution in [2.24, 2.45) is 5.92 Å². The van der Waals surface area contributed by atoms with Crippen LogP contribution in [0.3, 0.4) is 0 Å². The van der Waals surface area contributed by atoms with E-state index in [1.807, 2.05) is 45.9 Å². The summed E-state index contributed by atoms with van der Waals surface area (Å²) in [6.07, 6.45) is 0. The number of benzene rings is 1. The molecule has 1 amide bonds. The molecule has 0 unspecified atom stereocenters. The second kappa shape index (κ2) is 7.46. The maximum absolute atomic E-state index is 12.6. The molecule has 0 bridgehead atoms. The summed E-state index contributed by atoms with van der Waals surface area (Å²) in [6.45, 7) is 7.50. The quantitative estimate of drug-likeness (QED) is 0.823. The van der Waals surface area contributed by atoms with Gasteiger partial charge in [0.25, 0.3) is 10.0 Å². The molecule has 2 rings (SSSR count). The van der Waals surface area contributed by atoms with Gasteiger partial charge in [0, 0.05) is 5.69 Å². The first-order valence-electron chi connectivity index (χ1n) is 7.64. The van der Waals surface area contributed by atoms with Gasteiger partial charge >= 0.3 is 0 Å². The van der Waals surface area contributed by atoms with Crippen LogP contribution in [0.2, 0.25) is 0 Å². The van der Waals surface area contributed by atoms with Gasteiger partial charge in [0.05, 0.1) is 0 Å². The molecule has 0 aliphatic rings. The SMILES string of the molecule is Cc1ccc(NC(=O)[C@H](NS(=O)(=O)c2cccs2)C(C)C)c(C)c1. The molecule has 0 saturated carbocycles. The minimum atomic E-state index is -3.71. The topological polar surface area (TPSA) is 75.3 Å². The monoisotopic (exact) mass is 366 g/mol. The lowest BCUT2D eigenvalue weighted by atomic mass is 10.0. The van der Waals surface area contributed by atoms with Crippen molar-refractivity contribution < 1.29 is 13.2 Å². The van der Waals surface area contributed by atoms with Crippen LogP contribution in [0, 0.1) is 19.8 Å². The first-order valence-corrected chi connectivity index (χ1v) is 10.0. The number of aryl methyl sites for hydroxylation is 2. The van der Waals surface area contributed by atoms with Crippen molar-refractivity contribution in [1.29, 1.82) is 0 Å². The molecule has 1 aromatic carbocycles. The third-order valence-electron chi connectivity index (χ3n) is 3.63. The predicted molar refractivity (Wildman–Crippen MR) is 97.8 cm³/mol. The van der Waals surface area contributed by atoms with E-state index in [-0.39, 0.29) is 16.0 Å². The molecular weight excluding hydrogens is 344 g/mol. The van der Waals surface area contributed by atoms with Crippen molar-refractivity contribution in [3.05, 3.63) is 46.8 Å². The first-order chi connectivity index (χ1) is 11.2. The molecule has 7 heteroatoms. The normalized spacial score (nSPS) is 13.0. The summed E-state index contributed by atoms with van der Waals surface area (Å²) < 4.78 is 27.5. The van der Waals surface area contributed by atoms with E-state index in [0.29, 0.717) is 5.69 Å².